The first-order valence-corrected chi connectivity index (χ1v) is 12.8. The van der Waals surface area contributed by atoms with Crippen LogP contribution in [-0.2, 0) is 0 Å². The summed E-state index contributed by atoms with van der Waals surface area (Å²) < 4.78 is 12.9. The number of hydrogen-bond donors (Lipinski definition) is 1. The highest BCUT2D eigenvalue weighted by Crippen LogP contribution is 2.41. The van der Waals surface area contributed by atoms with Gasteiger partial charge < -0.3 is 14.8 Å². The monoisotopic (exact) mass is 520 g/mol. The number of anilines is 1. The lowest BCUT2D eigenvalue weighted by atomic mass is 9.75. The fourth-order valence-electron chi connectivity index (χ4n) is 4.80. The van der Waals surface area contributed by atoms with E-state index in [0.717, 1.165) is 37.0 Å². The number of carbonyl (C=O) groups is 1. The van der Waals surface area contributed by atoms with Crippen molar-refractivity contribution in [1.29, 1.82) is 0 Å². The second-order valence-corrected chi connectivity index (χ2v) is 11.1. The predicted octanol–water partition coefficient (Wildman–Crippen LogP) is 5.59. The second-order valence-electron chi connectivity index (χ2n) is 10.0. The lowest BCUT2D eigenvalue weighted by Gasteiger charge is -2.34. The molecule has 1 amide bonds. The van der Waals surface area contributed by atoms with Crippen molar-refractivity contribution in [2.24, 2.45) is 5.41 Å². The summed E-state index contributed by atoms with van der Waals surface area (Å²) in [5, 5.41) is 19.1. The van der Waals surface area contributed by atoms with Crippen LogP contribution in [0, 0.1) is 15.5 Å². The fraction of sp³-hybridized carbons (Fsp3) is 0.360. The van der Waals surface area contributed by atoms with Crippen LogP contribution in [0.25, 0.3) is 22.4 Å². The van der Waals surface area contributed by atoms with Crippen molar-refractivity contribution in [3.05, 3.63) is 51.5 Å². The summed E-state index contributed by atoms with van der Waals surface area (Å²) >= 11 is 0.810. The van der Waals surface area contributed by atoms with Crippen molar-refractivity contribution in [3.8, 4) is 22.9 Å². The molecule has 0 unspecified atom stereocenters. The van der Waals surface area contributed by atoms with Gasteiger partial charge in [-0.25, -0.2) is 14.6 Å². The van der Waals surface area contributed by atoms with Gasteiger partial charge in [0, 0.05) is 11.6 Å². The van der Waals surface area contributed by atoms with Crippen LogP contribution in [0.2, 0.25) is 0 Å². The van der Waals surface area contributed by atoms with Crippen LogP contribution < -0.4 is 14.8 Å². The number of fused-ring (bicyclic) bond motifs is 2. The van der Waals surface area contributed by atoms with Gasteiger partial charge in [0.15, 0.2) is 23.0 Å². The molecule has 4 aromatic rings. The summed E-state index contributed by atoms with van der Waals surface area (Å²) in [5.74, 6) is 1.45. The van der Waals surface area contributed by atoms with Crippen molar-refractivity contribution >= 4 is 39.1 Å². The molecular weight excluding hydrogens is 496 g/mol. The van der Waals surface area contributed by atoms with E-state index >= 15 is 0 Å². The highest BCUT2D eigenvalue weighted by atomic mass is 32.1. The van der Waals surface area contributed by atoms with Gasteiger partial charge in [-0.3, -0.25) is 14.9 Å². The molecule has 2 aliphatic rings. The number of ether oxygens (including phenoxy) is 2. The van der Waals surface area contributed by atoms with Gasteiger partial charge in [-0.15, -0.1) is 0 Å². The van der Waals surface area contributed by atoms with E-state index in [-0.39, 0.29) is 22.7 Å². The first-order valence-electron chi connectivity index (χ1n) is 12.0. The Morgan fingerprint density at radius 3 is 2.70 bits per heavy atom. The maximum Gasteiger partial charge on any atom is 0.324 e. The van der Waals surface area contributed by atoms with E-state index in [2.05, 4.69) is 29.2 Å². The van der Waals surface area contributed by atoms with Crippen LogP contribution in [0.15, 0.2) is 36.5 Å². The van der Waals surface area contributed by atoms with Crippen molar-refractivity contribution in [1.82, 2.24) is 19.7 Å². The molecule has 4 heterocycles. The standard InChI is InChI=1S/C25H24N6O5S/c1-25(2)9-7-15(8-10-25)30-23-16(12-26-30)22(29-24(32)19-5-6-20(37-19)31(33)34)27-21(28-23)14-3-4-17-18(11-14)36-13-35-17/h3-6,11-12,15H,7-10,13H2,1-2H3,(H,27,28,29,32). The van der Waals surface area contributed by atoms with Gasteiger partial charge in [0.25, 0.3) is 5.91 Å². The van der Waals surface area contributed by atoms with Crippen LogP contribution >= 0.6 is 11.3 Å². The summed E-state index contributed by atoms with van der Waals surface area (Å²) in [4.78, 5) is 33.3. The Morgan fingerprint density at radius 2 is 1.95 bits per heavy atom. The molecule has 37 heavy (non-hydrogen) atoms. The molecule has 12 heteroatoms. The van der Waals surface area contributed by atoms with Crippen LogP contribution in [-0.4, -0.2) is 37.4 Å². The van der Waals surface area contributed by atoms with E-state index in [1.807, 2.05) is 16.8 Å². The minimum absolute atomic E-state index is 0.105. The van der Waals surface area contributed by atoms with Gasteiger partial charge in [0.1, 0.15) is 5.82 Å². The third kappa shape index (κ3) is 4.37. The lowest BCUT2D eigenvalue weighted by molar-refractivity contribution is -0.380. The molecule has 1 saturated carbocycles. The molecule has 1 aromatic carbocycles. The number of benzene rings is 1. The second kappa shape index (κ2) is 8.80. The quantitative estimate of drug-likeness (QED) is 0.266. The van der Waals surface area contributed by atoms with Crippen LogP contribution in [0.3, 0.4) is 0 Å². The Labute approximate surface area is 215 Å². The average Bonchev–Trinajstić information content (AvgIpc) is 3.63. The Balaban J connectivity index is 1.42. The lowest BCUT2D eigenvalue weighted by Crippen LogP contribution is -2.24. The highest BCUT2D eigenvalue weighted by Gasteiger charge is 2.30. The molecule has 1 N–H and O–H groups in total. The van der Waals surface area contributed by atoms with E-state index in [4.69, 9.17) is 14.5 Å². The molecule has 1 aliphatic carbocycles. The zero-order valence-corrected chi connectivity index (χ0v) is 21.1. The average molecular weight is 521 g/mol. The van der Waals surface area contributed by atoms with Gasteiger partial charge in [0.2, 0.25) is 6.79 Å². The summed E-state index contributed by atoms with van der Waals surface area (Å²) in [6.45, 7) is 4.72. The minimum atomic E-state index is -0.516. The predicted molar refractivity (Wildman–Crippen MR) is 137 cm³/mol. The Bertz CT molecular complexity index is 1530. The van der Waals surface area contributed by atoms with Crippen molar-refractivity contribution in [2.75, 3.05) is 12.1 Å². The maximum atomic E-state index is 13.0. The van der Waals surface area contributed by atoms with E-state index in [0.29, 0.717) is 45.2 Å². The molecule has 190 valence electrons. The molecule has 6 rings (SSSR count). The summed E-state index contributed by atoms with van der Waals surface area (Å²) in [6.07, 6.45) is 5.80. The van der Waals surface area contributed by atoms with E-state index in [1.165, 1.54) is 12.1 Å². The molecule has 0 radical (unpaired) electrons. The molecule has 3 aromatic heterocycles. The van der Waals surface area contributed by atoms with Gasteiger partial charge in [-0.1, -0.05) is 25.2 Å². The number of thiophene rings is 1. The Morgan fingerprint density at radius 1 is 1.16 bits per heavy atom. The topological polar surface area (TPSA) is 134 Å². The molecule has 0 bridgehead atoms. The number of rotatable bonds is 5. The number of carbonyl (C=O) groups excluding carboxylic acids is 1. The third-order valence-electron chi connectivity index (χ3n) is 6.97. The van der Waals surface area contributed by atoms with E-state index in [1.54, 1.807) is 12.3 Å². The van der Waals surface area contributed by atoms with Crippen molar-refractivity contribution in [2.45, 2.75) is 45.6 Å². The Kier molecular flexibility index (Phi) is 5.55. The summed E-state index contributed by atoms with van der Waals surface area (Å²) in [5.41, 5.74) is 1.62. The molecule has 0 spiro atoms. The van der Waals surface area contributed by atoms with Gasteiger partial charge >= 0.3 is 5.00 Å². The van der Waals surface area contributed by atoms with E-state index in [9.17, 15) is 14.9 Å². The first-order chi connectivity index (χ1) is 17.8. The van der Waals surface area contributed by atoms with Crippen LogP contribution in [0.4, 0.5) is 10.8 Å². The normalized spacial score (nSPS) is 16.7. The van der Waals surface area contributed by atoms with Crippen LogP contribution in [0.5, 0.6) is 11.5 Å². The smallest absolute Gasteiger partial charge is 0.324 e. The zero-order valence-electron chi connectivity index (χ0n) is 20.3. The number of nitrogens with zero attached hydrogens (tertiary/aromatic N) is 5. The highest BCUT2D eigenvalue weighted by molar-refractivity contribution is 7.17. The van der Waals surface area contributed by atoms with Gasteiger partial charge in [-0.05, 0) is 55.4 Å². The molecule has 11 nitrogen and oxygen atoms in total. The van der Waals surface area contributed by atoms with E-state index < -0.39 is 10.8 Å². The van der Waals surface area contributed by atoms with Gasteiger partial charge in [-0.2, -0.15) is 5.10 Å². The van der Waals surface area contributed by atoms with Gasteiger partial charge in [0.05, 0.1) is 27.4 Å². The SMILES string of the molecule is CC1(C)CCC(n2ncc3c(NC(=O)c4ccc([N+](=O)[O-])s4)nc(-c4ccc5c(c4)OCO5)nc32)CC1. The molecule has 1 fully saturated rings. The number of nitrogens with one attached hydrogen (secondary N) is 1. The Hall–Kier alpha value is -4.06. The number of hydrogen-bond acceptors (Lipinski definition) is 9. The van der Waals surface area contributed by atoms with Crippen molar-refractivity contribution in [3.63, 3.8) is 0 Å². The summed E-state index contributed by atoms with van der Waals surface area (Å²) in [6, 6.07) is 8.38. The van der Waals surface area contributed by atoms with Crippen molar-refractivity contribution < 1.29 is 19.2 Å². The number of amides is 1. The maximum absolute atomic E-state index is 13.0. The first kappa shape index (κ1) is 23.3. The third-order valence-corrected chi connectivity index (χ3v) is 8.00. The zero-order chi connectivity index (χ0) is 25.7. The largest absolute Gasteiger partial charge is 0.454 e. The molecule has 0 atom stereocenters. The molecule has 1 aliphatic heterocycles. The number of aromatic nitrogens is 4. The summed E-state index contributed by atoms with van der Waals surface area (Å²) in [7, 11) is 0. The van der Waals surface area contributed by atoms with Crippen LogP contribution in [0.1, 0.15) is 55.2 Å². The minimum Gasteiger partial charge on any atom is -0.454 e. The number of nitro groups is 1. The fourth-order valence-corrected chi connectivity index (χ4v) is 5.51. The molecular formula is C25H24N6O5S. The molecule has 0 saturated heterocycles.